The summed E-state index contributed by atoms with van der Waals surface area (Å²) in [4.78, 5) is 18.2. The van der Waals surface area contributed by atoms with E-state index in [4.69, 9.17) is 0 Å². The third kappa shape index (κ3) is 4.02. The largest absolute Gasteiger partial charge is 0.298 e. The number of anilines is 1. The van der Waals surface area contributed by atoms with Crippen molar-refractivity contribution in [2.45, 2.75) is 40.0 Å². The summed E-state index contributed by atoms with van der Waals surface area (Å²) in [5.74, 6) is -0.130. The topological polar surface area (TPSA) is 42.0 Å². The summed E-state index contributed by atoms with van der Waals surface area (Å²) in [5.41, 5.74) is 5.13. The van der Waals surface area contributed by atoms with Crippen LogP contribution in [0.4, 0.5) is 5.13 Å². The van der Waals surface area contributed by atoms with Gasteiger partial charge in [-0.05, 0) is 37.0 Å². The zero-order valence-electron chi connectivity index (χ0n) is 15.9. The quantitative estimate of drug-likeness (QED) is 0.621. The van der Waals surface area contributed by atoms with E-state index in [2.05, 4.69) is 62.3 Å². The number of thiazole rings is 1. The number of amides is 1. The lowest BCUT2D eigenvalue weighted by molar-refractivity contribution is 0.102. The van der Waals surface area contributed by atoms with Crippen LogP contribution < -0.4 is 5.32 Å². The van der Waals surface area contributed by atoms with Crippen LogP contribution in [0.15, 0.2) is 48.5 Å². The van der Waals surface area contributed by atoms with Crippen molar-refractivity contribution >= 4 is 22.4 Å². The van der Waals surface area contributed by atoms with E-state index in [1.165, 1.54) is 22.5 Å². The number of nitrogens with one attached hydrogen (secondary N) is 1. The standard InChI is InChI=1S/C22H24N2OS/c1-14-6-8-16(9-7-14)19-15(2)26-21(23-19)24-20(25)17-10-12-18(13-11-17)22(3,4)5/h6-13H,1-5H3,(H,23,24,25). The normalized spacial score (nSPS) is 11.4. The Kier molecular flexibility index (Phi) is 4.97. The van der Waals surface area contributed by atoms with E-state index < -0.39 is 0 Å². The first-order valence-electron chi connectivity index (χ1n) is 8.70. The van der Waals surface area contributed by atoms with Gasteiger partial charge in [-0.3, -0.25) is 10.1 Å². The van der Waals surface area contributed by atoms with E-state index in [1.54, 1.807) is 0 Å². The maximum Gasteiger partial charge on any atom is 0.257 e. The molecule has 1 aromatic heterocycles. The Morgan fingerprint density at radius 1 is 0.962 bits per heavy atom. The molecule has 1 amide bonds. The van der Waals surface area contributed by atoms with Crippen molar-refractivity contribution in [3.8, 4) is 11.3 Å². The van der Waals surface area contributed by atoms with Crippen LogP contribution in [0, 0.1) is 13.8 Å². The van der Waals surface area contributed by atoms with Crippen LogP contribution in [0.3, 0.4) is 0 Å². The highest BCUT2D eigenvalue weighted by atomic mass is 32.1. The second-order valence-corrected chi connectivity index (χ2v) is 8.77. The number of nitrogens with zero attached hydrogens (tertiary/aromatic N) is 1. The minimum absolute atomic E-state index is 0.0738. The number of rotatable bonds is 3. The maximum atomic E-state index is 12.5. The molecule has 0 atom stereocenters. The highest BCUT2D eigenvalue weighted by Crippen LogP contribution is 2.31. The van der Waals surface area contributed by atoms with Gasteiger partial charge in [-0.15, -0.1) is 11.3 Å². The Morgan fingerprint density at radius 2 is 1.58 bits per heavy atom. The highest BCUT2D eigenvalue weighted by Gasteiger charge is 2.16. The number of aryl methyl sites for hydroxylation is 2. The van der Waals surface area contributed by atoms with Gasteiger partial charge in [0.1, 0.15) is 0 Å². The lowest BCUT2D eigenvalue weighted by Gasteiger charge is -2.18. The second kappa shape index (κ2) is 7.04. The van der Waals surface area contributed by atoms with Gasteiger partial charge in [0.05, 0.1) is 5.69 Å². The molecule has 26 heavy (non-hydrogen) atoms. The number of carbonyl (C=O) groups excluding carboxylic acids is 1. The van der Waals surface area contributed by atoms with Crippen LogP contribution in [0.2, 0.25) is 0 Å². The Hall–Kier alpha value is -2.46. The van der Waals surface area contributed by atoms with E-state index >= 15 is 0 Å². The van der Waals surface area contributed by atoms with Crippen LogP contribution in [-0.4, -0.2) is 10.9 Å². The number of hydrogen-bond acceptors (Lipinski definition) is 3. The summed E-state index contributed by atoms with van der Waals surface area (Å²) >= 11 is 1.50. The van der Waals surface area contributed by atoms with E-state index in [-0.39, 0.29) is 11.3 Å². The summed E-state index contributed by atoms with van der Waals surface area (Å²) in [6.45, 7) is 10.6. The van der Waals surface area contributed by atoms with Crippen molar-refractivity contribution in [2.24, 2.45) is 0 Å². The molecule has 0 aliphatic rings. The average molecular weight is 365 g/mol. The highest BCUT2D eigenvalue weighted by molar-refractivity contribution is 7.16. The summed E-state index contributed by atoms with van der Waals surface area (Å²) in [7, 11) is 0. The predicted molar refractivity (Wildman–Crippen MR) is 110 cm³/mol. The molecule has 1 heterocycles. The third-order valence-corrected chi connectivity index (χ3v) is 5.24. The molecular weight excluding hydrogens is 340 g/mol. The zero-order chi connectivity index (χ0) is 18.9. The molecule has 0 saturated carbocycles. The fourth-order valence-electron chi connectivity index (χ4n) is 2.72. The molecule has 3 rings (SSSR count). The van der Waals surface area contributed by atoms with Crippen molar-refractivity contribution in [2.75, 3.05) is 5.32 Å². The molecule has 0 aliphatic heterocycles. The molecule has 3 aromatic rings. The molecule has 0 spiro atoms. The number of aromatic nitrogens is 1. The number of hydrogen-bond donors (Lipinski definition) is 1. The molecule has 0 unspecified atom stereocenters. The van der Waals surface area contributed by atoms with Gasteiger partial charge in [0.15, 0.2) is 5.13 Å². The van der Waals surface area contributed by atoms with Crippen molar-refractivity contribution in [3.05, 3.63) is 70.1 Å². The smallest absolute Gasteiger partial charge is 0.257 e. The summed E-state index contributed by atoms with van der Waals surface area (Å²) in [5, 5.41) is 3.56. The molecule has 0 aliphatic carbocycles. The molecule has 4 heteroatoms. The molecule has 0 bridgehead atoms. The maximum absolute atomic E-state index is 12.5. The molecule has 3 nitrogen and oxygen atoms in total. The molecule has 0 saturated heterocycles. The minimum Gasteiger partial charge on any atom is -0.298 e. The number of carbonyl (C=O) groups is 1. The fraction of sp³-hybridized carbons (Fsp3) is 0.273. The molecule has 0 radical (unpaired) electrons. The van der Waals surface area contributed by atoms with Crippen LogP contribution in [0.1, 0.15) is 47.1 Å². The first-order chi connectivity index (χ1) is 12.2. The third-order valence-electron chi connectivity index (χ3n) is 4.36. The van der Waals surface area contributed by atoms with Crippen molar-refractivity contribution in [1.29, 1.82) is 0 Å². The van der Waals surface area contributed by atoms with Gasteiger partial charge in [-0.1, -0.05) is 62.7 Å². The van der Waals surface area contributed by atoms with Crippen LogP contribution in [-0.2, 0) is 5.41 Å². The van der Waals surface area contributed by atoms with Crippen LogP contribution in [0.5, 0.6) is 0 Å². The van der Waals surface area contributed by atoms with E-state index in [9.17, 15) is 4.79 Å². The van der Waals surface area contributed by atoms with Gasteiger partial charge in [0.2, 0.25) is 0 Å². The molecule has 2 aromatic carbocycles. The van der Waals surface area contributed by atoms with Gasteiger partial charge in [-0.2, -0.15) is 0 Å². The Morgan fingerprint density at radius 3 is 2.15 bits per heavy atom. The first-order valence-corrected chi connectivity index (χ1v) is 9.52. The molecule has 1 N–H and O–H groups in total. The Labute approximate surface area is 159 Å². The van der Waals surface area contributed by atoms with E-state index in [0.717, 1.165) is 16.1 Å². The van der Waals surface area contributed by atoms with Gasteiger partial charge < -0.3 is 0 Å². The predicted octanol–water partition coefficient (Wildman–Crippen LogP) is 5.98. The summed E-state index contributed by atoms with van der Waals surface area (Å²) in [6, 6.07) is 16.0. The SMILES string of the molecule is Cc1ccc(-c2nc(NC(=O)c3ccc(C(C)(C)C)cc3)sc2C)cc1. The lowest BCUT2D eigenvalue weighted by atomic mass is 9.87. The van der Waals surface area contributed by atoms with E-state index in [0.29, 0.717) is 10.7 Å². The lowest BCUT2D eigenvalue weighted by Crippen LogP contribution is -2.14. The van der Waals surface area contributed by atoms with Gasteiger partial charge in [-0.25, -0.2) is 4.98 Å². The summed E-state index contributed by atoms with van der Waals surface area (Å²) in [6.07, 6.45) is 0. The average Bonchev–Trinajstić information content (AvgIpc) is 2.95. The van der Waals surface area contributed by atoms with Gasteiger partial charge in [0, 0.05) is 16.0 Å². The van der Waals surface area contributed by atoms with Crippen molar-refractivity contribution in [3.63, 3.8) is 0 Å². The van der Waals surface area contributed by atoms with Gasteiger partial charge in [0.25, 0.3) is 5.91 Å². The molecule has 134 valence electrons. The van der Waals surface area contributed by atoms with E-state index in [1.807, 2.05) is 31.2 Å². The second-order valence-electron chi connectivity index (χ2n) is 7.57. The summed E-state index contributed by atoms with van der Waals surface area (Å²) < 4.78 is 0. The fourth-order valence-corrected chi connectivity index (χ4v) is 3.55. The first kappa shape index (κ1) is 18.3. The number of benzene rings is 2. The molecular formula is C22H24N2OS. The minimum atomic E-state index is -0.130. The Balaban J connectivity index is 1.78. The van der Waals surface area contributed by atoms with Crippen LogP contribution in [0.25, 0.3) is 11.3 Å². The molecule has 0 fully saturated rings. The van der Waals surface area contributed by atoms with Crippen molar-refractivity contribution < 1.29 is 4.79 Å². The zero-order valence-corrected chi connectivity index (χ0v) is 16.7. The van der Waals surface area contributed by atoms with Crippen LogP contribution >= 0.6 is 11.3 Å². The van der Waals surface area contributed by atoms with Crippen molar-refractivity contribution in [1.82, 2.24) is 4.98 Å². The van der Waals surface area contributed by atoms with Gasteiger partial charge >= 0.3 is 0 Å². The Bertz CT molecular complexity index is 916. The monoisotopic (exact) mass is 364 g/mol.